The number of anilines is 1. The number of ether oxygens (including phenoxy) is 2. The second kappa shape index (κ2) is 10.8. The van der Waals surface area contributed by atoms with Gasteiger partial charge in [0.1, 0.15) is 22.5 Å². The molecular weight excluding hydrogens is 480 g/mol. The Morgan fingerprint density at radius 2 is 1.89 bits per heavy atom. The number of amides is 2. The molecule has 3 rings (SSSR count). The van der Waals surface area contributed by atoms with E-state index in [9.17, 15) is 9.59 Å². The summed E-state index contributed by atoms with van der Waals surface area (Å²) in [5.74, 6) is 0.595. The van der Waals surface area contributed by atoms with Crippen LogP contribution in [0, 0.1) is 12.8 Å². The van der Waals surface area contributed by atoms with Gasteiger partial charge in [0, 0.05) is 11.1 Å². The lowest BCUT2D eigenvalue weighted by molar-refractivity contribution is 0.0571. The first kappa shape index (κ1) is 27.3. The number of fused-ring (bicyclic) bond motifs is 1. The van der Waals surface area contributed by atoms with E-state index in [1.54, 1.807) is 51.6 Å². The number of hydrogen-bond acceptors (Lipinski definition) is 8. The first-order valence-corrected chi connectivity index (χ1v) is 12.6. The van der Waals surface area contributed by atoms with Crippen molar-refractivity contribution in [1.29, 1.82) is 0 Å². The Balaban J connectivity index is 1.91. The summed E-state index contributed by atoms with van der Waals surface area (Å²) in [6.07, 6.45) is 4.27. The van der Waals surface area contributed by atoms with Gasteiger partial charge in [-0.15, -0.1) is 16.4 Å². The van der Waals surface area contributed by atoms with E-state index in [-0.39, 0.29) is 12.5 Å². The number of thiophene rings is 1. The predicted octanol–water partition coefficient (Wildman–Crippen LogP) is 6.72. The van der Waals surface area contributed by atoms with Crippen molar-refractivity contribution in [2.24, 2.45) is 10.9 Å². The van der Waals surface area contributed by atoms with Crippen molar-refractivity contribution in [1.82, 2.24) is 10.2 Å². The first-order valence-electron chi connectivity index (χ1n) is 11.8. The van der Waals surface area contributed by atoms with Crippen molar-refractivity contribution in [2.75, 3.05) is 4.90 Å². The van der Waals surface area contributed by atoms with Gasteiger partial charge in [-0.25, -0.2) is 9.59 Å². The van der Waals surface area contributed by atoms with Crippen molar-refractivity contribution in [3.05, 3.63) is 40.8 Å². The Hall–Kier alpha value is -3.27. The van der Waals surface area contributed by atoms with E-state index in [1.165, 1.54) is 16.2 Å². The van der Waals surface area contributed by atoms with Gasteiger partial charge in [0.2, 0.25) is 0 Å². The summed E-state index contributed by atoms with van der Waals surface area (Å²) in [7, 11) is 0. The molecule has 0 aromatic carbocycles. The third kappa shape index (κ3) is 7.36. The molecule has 194 valence electrons. The summed E-state index contributed by atoms with van der Waals surface area (Å²) in [4.78, 5) is 31.7. The lowest BCUT2D eigenvalue weighted by Gasteiger charge is -2.27. The highest BCUT2D eigenvalue weighted by Gasteiger charge is 2.28. The maximum Gasteiger partial charge on any atom is 0.433 e. The number of carbonyl (C=O) groups excluding carboxylic acids is 2. The van der Waals surface area contributed by atoms with Crippen LogP contribution >= 0.6 is 11.3 Å². The fourth-order valence-electron chi connectivity index (χ4n) is 3.38. The van der Waals surface area contributed by atoms with Crippen molar-refractivity contribution in [2.45, 2.75) is 79.6 Å². The number of aliphatic imine (C=N–C) groups is 1. The lowest BCUT2D eigenvalue weighted by atomic mass is 10.1. The zero-order chi connectivity index (χ0) is 26.7. The van der Waals surface area contributed by atoms with Crippen LogP contribution in [-0.4, -0.2) is 39.8 Å². The second-order valence-corrected chi connectivity index (χ2v) is 11.7. The number of hydrogen-bond donors (Lipinski definition) is 0. The van der Waals surface area contributed by atoms with Gasteiger partial charge in [0.25, 0.3) is 0 Å². The Morgan fingerprint density at radius 1 is 1.19 bits per heavy atom. The van der Waals surface area contributed by atoms with Crippen LogP contribution in [0.2, 0.25) is 0 Å². The molecule has 0 bridgehead atoms. The van der Waals surface area contributed by atoms with E-state index in [4.69, 9.17) is 13.9 Å². The summed E-state index contributed by atoms with van der Waals surface area (Å²) >= 11 is 1.54. The molecule has 0 fully saturated rings. The largest absolute Gasteiger partial charge is 0.467 e. The number of nitrogens with zero attached hydrogens (tertiary/aromatic N) is 4. The molecule has 3 aromatic rings. The van der Waals surface area contributed by atoms with E-state index < -0.39 is 23.4 Å². The van der Waals surface area contributed by atoms with Crippen LogP contribution in [-0.2, 0) is 22.4 Å². The molecule has 0 saturated carbocycles. The minimum absolute atomic E-state index is 0.0224. The maximum absolute atomic E-state index is 13.2. The van der Waals surface area contributed by atoms with Crippen LogP contribution in [0.25, 0.3) is 10.2 Å². The van der Waals surface area contributed by atoms with E-state index in [2.05, 4.69) is 15.2 Å². The highest BCUT2D eigenvalue weighted by molar-refractivity contribution is 7.19. The fraction of sp³-hybridized carbons (Fsp3) is 0.500. The predicted molar refractivity (Wildman–Crippen MR) is 141 cm³/mol. The van der Waals surface area contributed by atoms with Gasteiger partial charge in [-0.1, -0.05) is 6.92 Å². The second-order valence-electron chi connectivity index (χ2n) is 10.6. The normalized spacial score (nSPS) is 13.2. The van der Waals surface area contributed by atoms with Gasteiger partial charge in [0.05, 0.1) is 29.4 Å². The van der Waals surface area contributed by atoms with Crippen LogP contribution < -0.4 is 4.90 Å². The molecule has 3 aromatic heterocycles. The minimum atomic E-state index is -0.669. The van der Waals surface area contributed by atoms with Crippen LogP contribution in [0.1, 0.15) is 64.7 Å². The molecular formula is C26H34N4O5S. The average Bonchev–Trinajstić information content (AvgIpc) is 3.36. The fourth-order valence-corrected chi connectivity index (χ4v) is 4.78. The Bertz CT molecular complexity index is 1240. The summed E-state index contributed by atoms with van der Waals surface area (Å²) in [5.41, 5.74) is 1.03. The SMILES string of the molecule is Cc1c(C[C@H](C)C=NC(=O)OC(C)(C)C)sc2c(N(Cc3ccco3)C(=O)OC(C)(C)C)cnnc12. The summed E-state index contributed by atoms with van der Waals surface area (Å²) in [5, 5.41) is 8.53. The van der Waals surface area contributed by atoms with Crippen molar-refractivity contribution in [3.63, 3.8) is 0 Å². The van der Waals surface area contributed by atoms with E-state index >= 15 is 0 Å². The zero-order valence-corrected chi connectivity index (χ0v) is 22.9. The molecule has 0 aliphatic heterocycles. The smallest absolute Gasteiger partial charge is 0.433 e. The molecule has 0 spiro atoms. The number of furan rings is 1. The van der Waals surface area contributed by atoms with Gasteiger partial charge in [-0.3, -0.25) is 4.90 Å². The molecule has 0 N–H and O–H groups in total. The van der Waals surface area contributed by atoms with Gasteiger partial charge in [0.15, 0.2) is 0 Å². The molecule has 0 aliphatic carbocycles. The monoisotopic (exact) mass is 514 g/mol. The average molecular weight is 515 g/mol. The van der Waals surface area contributed by atoms with E-state index in [0.29, 0.717) is 17.9 Å². The van der Waals surface area contributed by atoms with Crippen LogP contribution in [0.5, 0.6) is 0 Å². The summed E-state index contributed by atoms with van der Waals surface area (Å²) in [6.45, 7) is 15.0. The van der Waals surface area contributed by atoms with Gasteiger partial charge in [-0.05, 0) is 78.5 Å². The highest BCUT2D eigenvalue weighted by atomic mass is 32.1. The number of rotatable bonds is 6. The van der Waals surface area contributed by atoms with Gasteiger partial charge < -0.3 is 13.9 Å². The third-order valence-electron chi connectivity index (χ3n) is 4.92. The molecule has 9 nitrogen and oxygen atoms in total. The van der Waals surface area contributed by atoms with Gasteiger partial charge >= 0.3 is 12.2 Å². The Labute approximate surface area is 215 Å². The van der Waals surface area contributed by atoms with Crippen LogP contribution in [0.4, 0.5) is 15.3 Å². The summed E-state index contributed by atoms with van der Waals surface area (Å²) < 4.78 is 17.3. The molecule has 0 aliphatic rings. The van der Waals surface area contributed by atoms with Crippen LogP contribution in [0.15, 0.2) is 34.0 Å². The zero-order valence-electron chi connectivity index (χ0n) is 22.1. The molecule has 36 heavy (non-hydrogen) atoms. The molecule has 1 atom stereocenters. The Morgan fingerprint density at radius 3 is 2.50 bits per heavy atom. The van der Waals surface area contributed by atoms with Crippen molar-refractivity contribution >= 4 is 45.6 Å². The Kier molecular flexibility index (Phi) is 8.18. The molecule has 2 amide bonds. The highest BCUT2D eigenvalue weighted by Crippen LogP contribution is 2.37. The van der Waals surface area contributed by atoms with Gasteiger partial charge in [-0.2, -0.15) is 10.1 Å². The number of carbonyl (C=O) groups is 2. The van der Waals surface area contributed by atoms with Crippen molar-refractivity contribution in [3.8, 4) is 0 Å². The summed E-state index contributed by atoms with van der Waals surface area (Å²) in [6, 6.07) is 3.58. The number of aromatic nitrogens is 2. The van der Waals surface area contributed by atoms with Crippen molar-refractivity contribution < 1.29 is 23.5 Å². The first-order chi connectivity index (χ1) is 16.7. The maximum atomic E-state index is 13.2. The third-order valence-corrected chi connectivity index (χ3v) is 6.24. The molecule has 0 unspecified atom stereocenters. The minimum Gasteiger partial charge on any atom is -0.467 e. The molecule has 3 heterocycles. The quantitative estimate of drug-likeness (QED) is 0.336. The molecule has 0 radical (unpaired) electrons. The molecule has 10 heteroatoms. The topological polar surface area (TPSA) is 107 Å². The van der Waals surface area contributed by atoms with E-state index in [1.807, 2.05) is 34.6 Å². The molecule has 0 saturated heterocycles. The number of aryl methyl sites for hydroxylation is 1. The standard InChI is InChI=1S/C26H34N4O5S/c1-16(13-27-23(31)34-25(3,4)5)12-20-17(2)21-22(36-20)19(14-28-29-21)30(15-18-10-9-11-33-18)24(32)35-26(6,7)8/h9-11,13-14,16H,12,15H2,1-8H3/t16-/m0/s1. The lowest BCUT2D eigenvalue weighted by Crippen LogP contribution is -2.36. The van der Waals surface area contributed by atoms with Crippen LogP contribution in [0.3, 0.4) is 0 Å². The van der Waals surface area contributed by atoms with E-state index in [0.717, 1.165) is 20.7 Å².